The first-order valence-corrected chi connectivity index (χ1v) is 17.4. The van der Waals surface area contributed by atoms with Crippen LogP contribution >= 0.6 is 0 Å². The monoisotopic (exact) mass is 636 g/mol. The molecule has 0 aliphatic carbocycles. The second kappa shape index (κ2) is 9.22. The Morgan fingerprint density at radius 1 is 0.520 bits per heavy atom. The molecule has 2 aliphatic heterocycles. The Labute approximate surface area is 288 Å². The molecule has 0 N–H and O–H groups in total. The van der Waals surface area contributed by atoms with Gasteiger partial charge >= 0.3 is 6.85 Å². The number of aryl methyl sites for hydroxylation is 2. The number of benzene rings is 7. The van der Waals surface area contributed by atoms with Crippen molar-refractivity contribution >= 4 is 72.4 Å². The van der Waals surface area contributed by atoms with Crippen LogP contribution in [0.5, 0.6) is 0 Å². The minimum absolute atomic E-state index is 0.0415. The first-order chi connectivity index (χ1) is 24.7. The number of nitrogens with zero attached hydrogens (tertiary/aromatic N) is 4. The summed E-state index contributed by atoms with van der Waals surface area (Å²) in [5.41, 5.74) is 18.4. The third-order valence-corrected chi connectivity index (χ3v) is 11.5. The third kappa shape index (κ3) is 3.08. The van der Waals surface area contributed by atoms with Gasteiger partial charge in [0, 0.05) is 44.0 Å². The van der Waals surface area contributed by atoms with E-state index in [9.17, 15) is 0 Å². The fraction of sp³-hybridized carbons (Fsp3) is 0.0444. The minimum atomic E-state index is -0.0415. The molecular formula is C45H29BN4. The van der Waals surface area contributed by atoms with E-state index in [-0.39, 0.29) is 6.85 Å². The summed E-state index contributed by atoms with van der Waals surface area (Å²) in [7, 11) is 0. The van der Waals surface area contributed by atoms with Crippen LogP contribution in [0.4, 0.5) is 0 Å². The number of hydrogen-bond donors (Lipinski definition) is 0. The summed E-state index contributed by atoms with van der Waals surface area (Å²) < 4.78 is 7.56. The molecule has 5 heterocycles. The fourth-order valence-electron chi connectivity index (χ4n) is 9.57. The summed E-state index contributed by atoms with van der Waals surface area (Å²) in [5, 5.41) is 5.05. The molecule has 2 aliphatic rings. The van der Waals surface area contributed by atoms with Crippen molar-refractivity contribution in [1.82, 2.24) is 18.6 Å². The highest BCUT2D eigenvalue weighted by Crippen LogP contribution is 2.46. The Morgan fingerprint density at radius 3 is 1.98 bits per heavy atom. The highest BCUT2D eigenvalue weighted by atomic mass is 15.1. The maximum Gasteiger partial charge on any atom is 0.334 e. The summed E-state index contributed by atoms with van der Waals surface area (Å²) in [5.74, 6) is 1.03. The molecule has 4 nitrogen and oxygen atoms in total. The van der Waals surface area contributed by atoms with E-state index in [2.05, 4.69) is 167 Å². The number of para-hydroxylation sites is 4. The lowest BCUT2D eigenvalue weighted by molar-refractivity contribution is 1.15. The van der Waals surface area contributed by atoms with Crippen molar-refractivity contribution in [2.24, 2.45) is 0 Å². The van der Waals surface area contributed by atoms with E-state index in [1.165, 1.54) is 88.0 Å². The minimum Gasteiger partial charge on any atom is -0.359 e. The van der Waals surface area contributed by atoms with Crippen LogP contribution in [0.15, 0.2) is 140 Å². The Morgan fingerprint density at radius 2 is 1.18 bits per heavy atom. The molecule has 0 atom stereocenters. The molecule has 0 saturated carbocycles. The number of hydrogen-bond acceptors (Lipinski definition) is 1. The summed E-state index contributed by atoms with van der Waals surface area (Å²) in [6.07, 6.45) is 0. The van der Waals surface area contributed by atoms with Gasteiger partial charge in [-0.1, -0.05) is 103 Å². The second-order valence-electron chi connectivity index (χ2n) is 14.0. The molecule has 3 aromatic heterocycles. The molecule has 0 unspecified atom stereocenters. The van der Waals surface area contributed by atoms with Gasteiger partial charge in [0.25, 0.3) is 0 Å². The van der Waals surface area contributed by atoms with Crippen LogP contribution in [0.3, 0.4) is 0 Å². The van der Waals surface area contributed by atoms with Gasteiger partial charge in [0.1, 0.15) is 11.3 Å². The average Bonchev–Trinajstić information content (AvgIpc) is 3.81. The van der Waals surface area contributed by atoms with E-state index < -0.39 is 0 Å². The molecule has 0 spiro atoms. The van der Waals surface area contributed by atoms with E-state index in [4.69, 9.17) is 4.98 Å². The van der Waals surface area contributed by atoms with Gasteiger partial charge in [-0.3, -0.25) is 0 Å². The van der Waals surface area contributed by atoms with Gasteiger partial charge in [0.2, 0.25) is 0 Å². The maximum absolute atomic E-state index is 5.82. The molecule has 0 amide bonds. The standard InChI is InChI=1S/C45H29BN4/c1-26-13-10-14-27(2)39(26)45-47-41-43-33(30-18-7-8-22-36(30)48(43)28-15-4-3-5-16-28)25-34-31-19-12-24-38-40(31)46(50(45)44(34)41)35-21-11-20-32-29-17-6-9-23-37(29)49(38)42(32)35/h3-25H,1-2H3. The van der Waals surface area contributed by atoms with E-state index in [1.807, 2.05) is 0 Å². The molecule has 5 heteroatoms. The molecule has 12 rings (SSSR count). The first-order valence-electron chi connectivity index (χ1n) is 17.4. The molecule has 10 aromatic rings. The topological polar surface area (TPSA) is 27.7 Å². The number of aromatic nitrogens is 4. The smallest absolute Gasteiger partial charge is 0.334 e. The molecule has 0 bridgehead atoms. The quantitative estimate of drug-likeness (QED) is 0.174. The van der Waals surface area contributed by atoms with Crippen LogP contribution < -0.4 is 10.9 Å². The first kappa shape index (κ1) is 26.6. The van der Waals surface area contributed by atoms with Crippen molar-refractivity contribution in [1.29, 1.82) is 0 Å². The largest absolute Gasteiger partial charge is 0.359 e. The van der Waals surface area contributed by atoms with Crippen molar-refractivity contribution in [2.45, 2.75) is 13.8 Å². The zero-order valence-electron chi connectivity index (χ0n) is 27.6. The molecule has 50 heavy (non-hydrogen) atoms. The second-order valence-corrected chi connectivity index (χ2v) is 14.0. The Kier molecular flexibility index (Phi) is 4.90. The molecule has 0 radical (unpaired) electrons. The lowest BCUT2D eigenvalue weighted by Gasteiger charge is -2.34. The molecule has 0 saturated heterocycles. The van der Waals surface area contributed by atoms with Crippen LogP contribution in [-0.2, 0) is 0 Å². The van der Waals surface area contributed by atoms with Gasteiger partial charge in [-0.15, -0.1) is 0 Å². The fourth-order valence-corrected chi connectivity index (χ4v) is 9.57. The SMILES string of the molecule is Cc1cccc(C)c1-c1nc2c3c(cc4c5ccccc5n(-c5ccccc5)c42)-c2cccc4c2B(c2cccc5c6ccccc6n-4c25)n13. The van der Waals surface area contributed by atoms with Gasteiger partial charge in [-0.05, 0) is 77.9 Å². The van der Waals surface area contributed by atoms with Crippen LogP contribution in [0.2, 0.25) is 0 Å². The van der Waals surface area contributed by atoms with E-state index in [0.717, 1.165) is 22.5 Å². The van der Waals surface area contributed by atoms with Crippen molar-refractivity contribution in [2.75, 3.05) is 0 Å². The Hall–Kier alpha value is -6.33. The highest BCUT2D eigenvalue weighted by molar-refractivity contribution is 6.89. The Balaban J connectivity index is 1.35. The molecular weight excluding hydrogens is 607 g/mol. The van der Waals surface area contributed by atoms with Crippen LogP contribution in [0, 0.1) is 13.8 Å². The van der Waals surface area contributed by atoms with Crippen molar-refractivity contribution in [3.05, 3.63) is 151 Å². The zero-order chi connectivity index (χ0) is 32.8. The summed E-state index contributed by atoms with van der Waals surface area (Å²) >= 11 is 0. The summed E-state index contributed by atoms with van der Waals surface area (Å²) in [6, 6.07) is 51.4. The van der Waals surface area contributed by atoms with Gasteiger partial charge in [0.15, 0.2) is 0 Å². The average molecular weight is 637 g/mol. The molecule has 0 fully saturated rings. The lowest BCUT2D eigenvalue weighted by Crippen LogP contribution is -2.55. The van der Waals surface area contributed by atoms with Crippen LogP contribution in [0.25, 0.3) is 88.5 Å². The van der Waals surface area contributed by atoms with Gasteiger partial charge in [-0.25, -0.2) is 4.98 Å². The summed E-state index contributed by atoms with van der Waals surface area (Å²) in [4.78, 5) is 5.82. The van der Waals surface area contributed by atoms with E-state index in [0.29, 0.717) is 0 Å². The van der Waals surface area contributed by atoms with Gasteiger partial charge < -0.3 is 13.6 Å². The lowest BCUT2D eigenvalue weighted by atomic mass is 9.45. The van der Waals surface area contributed by atoms with E-state index in [1.54, 1.807) is 0 Å². The van der Waals surface area contributed by atoms with Crippen molar-refractivity contribution in [3.8, 4) is 33.9 Å². The molecule has 7 aromatic carbocycles. The summed E-state index contributed by atoms with van der Waals surface area (Å²) in [6.45, 7) is 4.42. The number of imidazole rings is 1. The van der Waals surface area contributed by atoms with Crippen LogP contribution in [-0.4, -0.2) is 25.4 Å². The van der Waals surface area contributed by atoms with Crippen molar-refractivity contribution < 1.29 is 0 Å². The Bertz CT molecular complexity index is 3100. The molecule has 232 valence electrons. The maximum atomic E-state index is 5.82. The van der Waals surface area contributed by atoms with Crippen molar-refractivity contribution in [3.63, 3.8) is 0 Å². The normalized spacial score (nSPS) is 13.0. The predicted octanol–water partition coefficient (Wildman–Crippen LogP) is 9.46. The third-order valence-electron chi connectivity index (χ3n) is 11.5. The highest BCUT2D eigenvalue weighted by Gasteiger charge is 2.43. The number of fused-ring (bicyclic) bond motifs is 11. The van der Waals surface area contributed by atoms with Gasteiger partial charge in [0.05, 0.1) is 27.6 Å². The predicted molar refractivity (Wildman–Crippen MR) is 209 cm³/mol. The number of rotatable bonds is 2. The van der Waals surface area contributed by atoms with E-state index >= 15 is 0 Å². The van der Waals surface area contributed by atoms with Crippen LogP contribution in [0.1, 0.15) is 11.1 Å². The zero-order valence-corrected chi connectivity index (χ0v) is 27.6. The van der Waals surface area contributed by atoms with Gasteiger partial charge in [-0.2, -0.15) is 0 Å².